The number of benzene rings is 11. The van der Waals surface area contributed by atoms with E-state index in [1.54, 1.807) is 0 Å². The highest BCUT2D eigenvalue weighted by molar-refractivity contribution is 7.25. The van der Waals surface area contributed by atoms with Crippen LogP contribution in [0, 0.1) is 0 Å². The molecule has 0 fully saturated rings. The zero-order chi connectivity index (χ0) is 45.7. The Labute approximate surface area is 407 Å². The van der Waals surface area contributed by atoms with Crippen molar-refractivity contribution in [1.29, 1.82) is 0 Å². The Morgan fingerprint density at radius 1 is 0.261 bits per heavy atom. The van der Waals surface area contributed by atoms with Gasteiger partial charge in [-0.15, -0.1) is 11.3 Å². The first kappa shape index (κ1) is 40.7. The van der Waals surface area contributed by atoms with Crippen LogP contribution in [0.5, 0.6) is 0 Å². The molecule has 0 amide bonds. The number of hydrogen-bond donors (Lipinski definition) is 0. The van der Waals surface area contributed by atoms with Crippen LogP contribution in [0.1, 0.15) is 22.3 Å². The lowest BCUT2D eigenvalue weighted by Crippen LogP contribution is -2.28. The van der Waals surface area contributed by atoms with Gasteiger partial charge in [-0.2, -0.15) is 0 Å². The van der Waals surface area contributed by atoms with Gasteiger partial charge in [0, 0.05) is 37.2 Å². The molecule has 0 saturated carbocycles. The molecule has 1 aromatic heterocycles. The van der Waals surface area contributed by atoms with E-state index in [0.29, 0.717) is 0 Å². The van der Waals surface area contributed by atoms with E-state index in [-0.39, 0.29) is 0 Å². The third-order valence-electron chi connectivity index (χ3n) is 14.1. The predicted molar refractivity (Wildman–Crippen MR) is 293 cm³/mol. The van der Waals surface area contributed by atoms with E-state index >= 15 is 0 Å². The summed E-state index contributed by atoms with van der Waals surface area (Å²) >= 11 is 1.87. The quantitative estimate of drug-likeness (QED) is 0.140. The maximum absolute atomic E-state index is 2.52. The molecule has 1 nitrogen and oxygen atoms in total. The molecule has 1 aliphatic rings. The Balaban J connectivity index is 1.02. The van der Waals surface area contributed by atoms with Gasteiger partial charge in [0.1, 0.15) is 0 Å². The van der Waals surface area contributed by atoms with Crippen molar-refractivity contribution in [2.75, 3.05) is 4.90 Å². The average Bonchev–Trinajstić information content (AvgIpc) is 3.95. The summed E-state index contributed by atoms with van der Waals surface area (Å²) in [4.78, 5) is 2.40. The summed E-state index contributed by atoms with van der Waals surface area (Å²) in [5.41, 5.74) is 20.0. The molecule has 11 aromatic carbocycles. The molecule has 2 heteroatoms. The zero-order valence-corrected chi connectivity index (χ0v) is 38.7. The van der Waals surface area contributed by atoms with E-state index in [0.717, 1.165) is 17.1 Å². The second-order valence-electron chi connectivity index (χ2n) is 18.0. The van der Waals surface area contributed by atoms with Crippen molar-refractivity contribution in [2.45, 2.75) is 5.41 Å². The van der Waals surface area contributed by atoms with Crippen LogP contribution in [0.15, 0.2) is 273 Å². The fraction of sp³-hybridized carbons (Fsp3) is 0.0149. The van der Waals surface area contributed by atoms with Crippen molar-refractivity contribution in [3.63, 3.8) is 0 Å². The summed E-state index contributed by atoms with van der Waals surface area (Å²) in [6.07, 6.45) is 0. The Kier molecular flexibility index (Phi) is 10.00. The van der Waals surface area contributed by atoms with E-state index in [4.69, 9.17) is 0 Å². The van der Waals surface area contributed by atoms with Gasteiger partial charge in [-0.05, 0) is 151 Å². The van der Waals surface area contributed by atoms with Gasteiger partial charge in [-0.1, -0.05) is 200 Å². The van der Waals surface area contributed by atoms with Crippen LogP contribution in [0.25, 0.3) is 75.8 Å². The lowest BCUT2D eigenvalue weighted by molar-refractivity contribution is 0.771. The third-order valence-corrected chi connectivity index (χ3v) is 15.3. The van der Waals surface area contributed by atoms with Crippen molar-refractivity contribution in [2.24, 2.45) is 0 Å². The van der Waals surface area contributed by atoms with Crippen molar-refractivity contribution >= 4 is 48.6 Å². The molecule has 1 aliphatic carbocycles. The Hall–Kier alpha value is -8.56. The topological polar surface area (TPSA) is 3.24 Å². The monoisotopic (exact) mass is 895 g/mol. The van der Waals surface area contributed by atoms with Gasteiger partial charge in [0.2, 0.25) is 0 Å². The van der Waals surface area contributed by atoms with Crippen molar-refractivity contribution in [1.82, 2.24) is 0 Å². The largest absolute Gasteiger partial charge is 0.310 e. The van der Waals surface area contributed by atoms with Gasteiger partial charge in [-0.3, -0.25) is 0 Å². The summed E-state index contributed by atoms with van der Waals surface area (Å²) in [5.74, 6) is 0. The number of thiophene rings is 1. The lowest BCUT2D eigenvalue weighted by atomic mass is 9.66. The average molecular weight is 896 g/mol. The lowest BCUT2D eigenvalue weighted by Gasteiger charge is -2.35. The second-order valence-corrected chi connectivity index (χ2v) is 19.1. The van der Waals surface area contributed by atoms with Gasteiger partial charge in [-0.25, -0.2) is 0 Å². The molecule has 0 unspecified atom stereocenters. The van der Waals surface area contributed by atoms with Gasteiger partial charge in [0.25, 0.3) is 0 Å². The zero-order valence-electron chi connectivity index (χ0n) is 37.8. The smallest absolute Gasteiger partial charge is 0.0714 e. The molecular formula is C67H45NS. The minimum absolute atomic E-state index is 0.603. The molecule has 0 aliphatic heterocycles. The van der Waals surface area contributed by atoms with Crippen molar-refractivity contribution in [3.05, 3.63) is 295 Å². The highest BCUT2D eigenvalue weighted by atomic mass is 32.1. The van der Waals surface area contributed by atoms with Gasteiger partial charge in [0.05, 0.1) is 5.41 Å². The molecule has 1 heterocycles. The first-order valence-corrected chi connectivity index (χ1v) is 24.5. The van der Waals surface area contributed by atoms with Crippen LogP contribution >= 0.6 is 11.3 Å². The highest BCUT2D eigenvalue weighted by Gasteiger charge is 2.46. The van der Waals surface area contributed by atoms with E-state index in [2.05, 4.69) is 278 Å². The second kappa shape index (κ2) is 16.9. The van der Waals surface area contributed by atoms with Crippen LogP contribution in [0.3, 0.4) is 0 Å². The van der Waals surface area contributed by atoms with Crippen molar-refractivity contribution in [3.8, 4) is 55.6 Å². The summed E-state index contributed by atoms with van der Waals surface area (Å²) in [6.45, 7) is 0. The summed E-state index contributed by atoms with van der Waals surface area (Å²) in [5, 5.41) is 2.51. The number of nitrogens with zero attached hydrogens (tertiary/aromatic N) is 1. The fourth-order valence-corrected chi connectivity index (χ4v) is 12.0. The Bertz CT molecular complexity index is 3610. The summed E-state index contributed by atoms with van der Waals surface area (Å²) < 4.78 is 2.54. The van der Waals surface area contributed by atoms with Gasteiger partial charge < -0.3 is 4.90 Å². The van der Waals surface area contributed by atoms with Gasteiger partial charge in [0.15, 0.2) is 0 Å². The fourth-order valence-electron chi connectivity index (χ4n) is 10.9. The van der Waals surface area contributed by atoms with E-state index in [1.807, 2.05) is 11.3 Å². The molecule has 13 rings (SSSR count). The molecule has 0 radical (unpaired) electrons. The Morgan fingerprint density at radius 3 is 1.12 bits per heavy atom. The Morgan fingerprint density at radius 2 is 0.638 bits per heavy atom. The van der Waals surface area contributed by atoms with Crippen LogP contribution in [-0.4, -0.2) is 0 Å². The molecule has 0 saturated heterocycles. The number of rotatable bonds is 9. The van der Waals surface area contributed by atoms with Crippen LogP contribution in [0.4, 0.5) is 17.1 Å². The normalized spacial score (nSPS) is 12.5. The van der Waals surface area contributed by atoms with E-state index in [1.165, 1.54) is 98.1 Å². The summed E-state index contributed by atoms with van der Waals surface area (Å²) in [6, 6.07) is 101. The summed E-state index contributed by atoms with van der Waals surface area (Å²) in [7, 11) is 0. The molecule has 324 valence electrons. The number of anilines is 3. The number of fused-ring (bicyclic) bond motifs is 6. The predicted octanol–water partition coefficient (Wildman–Crippen LogP) is 18.6. The standard InChI is InChI=1S/C67H45NS/c1-5-17-46(18-6-1)50-29-34-56(35-30-50)68(57-36-31-51(32-37-57)47-19-7-2-8-20-47)58-38-40-66-62(45-58)61-44-54(33-39-65(61)69-66)67(63-27-15-13-25-59(63)60-26-14-16-28-64(60)67)55-42-52(48-21-9-3-10-22-48)41-53(43-55)49-23-11-4-12-24-49/h1-45H. The maximum Gasteiger partial charge on any atom is 0.0714 e. The first-order chi connectivity index (χ1) is 34.2. The molecule has 12 aromatic rings. The van der Waals surface area contributed by atoms with E-state index in [9.17, 15) is 0 Å². The molecule has 0 atom stereocenters. The number of hydrogen-bond acceptors (Lipinski definition) is 2. The molecular weight excluding hydrogens is 851 g/mol. The first-order valence-electron chi connectivity index (χ1n) is 23.7. The van der Waals surface area contributed by atoms with E-state index < -0.39 is 5.41 Å². The van der Waals surface area contributed by atoms with Crippen molar-refractivity contribution < 1.29 is 0 Å². The highest BCUT2D eigenvalue weighted by Crippen LogP contribution is 2.57. The molecule has 69 heavy (non-hydrogen) atoms. The van der Waals surface area contributed by atoms with Crippen LogP contribution < -0.4 is 4.90 Å². The minimum atomic E-state index is -0.603. The minimum Gasteiger partial charge on any atom is -0.310 e. The SMILES string of the molecule is c1ccc(-c2ccc(N(c3ccc(-c4ccccc4)cc3)c3ccc4sc5ccc(C6(c7cc(-c8ccccc8)cc(-c8ccccc8)c7)c7ccccc7-c7ccccc76)cc5c4c3)cc2)cc1. The van der Waals surface area contributed by atoms with Crippen LogP contribution in [0.2, 0.25) is 0 Å². The molecule has 0 bridgehead atoms. The third kappa shape index (κ3) is 7.00. The van der Waals surface area contributed by atoms with Gasteiger partial charge >= 0.3 is 0 Å². The molecule has 0 spiro atoms. The molecule has 0 N–H and O–H groups in total. The maximum atomic E-state index is 2.52. The van der Waals surface area contributed by atoms with Crippen LogP contribution in [-0.2, 0) is 5.41 Å².